The molecule has 0 bridgehead atoms. The van der Waals surface area contributed by atoms with Crippen LogP contribution in [-0.4, -0.2) is 55.5 Å². The summed E-state index contributed by atoms with van der Waals surface area (Å²) in [5, 5.41) is 16.5. The van der Waals surface area contributed by atoms with Crippen molar-refractivity contribution in [2.75, 3.05) is 32.8 Å². The standard InChI is InChI=1S/C21H28F3N5O3S/c1-19(2,28-31)16(27-30)12-26-11-14(10-25)13-29-6-4-20(5-7-29)18-15(3-8-32-20)9-17(33-18)21(22,23)24/h9-11,16,25-26H,3-8,12-13H2,1-2H3/b14-11+,25-10?. The fourth-order valence-corrected chi connectivity index (χ4v) is 5.45. The Morgan fingerprint density at radius 2 is 2.06 bits per heavy atom. The van der Waals surface area contributed by atoms with Gasteiger partial charge in [0.15, 0.2) is 0 Å². The van der Waals surface area contributed by atoms with Crippen molar-refractivity contribution in [1.82, 2.24) is 10.2 Å². The Labute approximate surface area is 194 Å². The first-order chi connectivity index (χ1) is 15.5. The van der Waals surface area contributed by atoms with Crippen LogP contribution in [0.15, 0.2) is 28.2 Å². The number of hydrogen-bond acceptors (Lipinski definition) is 9. The number of nitroso groups, excluding NO2 is 2. The van der Waals surface area contributed by atoms with E-state index in [-0.39, 0.29) is 6.54 Å². The molecule has 8 nitrogen and oxygen atoms in total. The molecule has 1 atom stereocenters. The number of nitrogens with zero attached hydrogens (tertiary/aromatic N) is 3. The zero-order chi connectivity index (χ0) is 24.3. The zero-order valence-corrected chi connectivity index (χ0v) is 19.4. The Kier molecular flexibility index (Phi) is 7.69. The number of ether oxygens (including phenoxy) is 1. The van der Waals surface area contributed by atoms with Gasteiger partial charge < -0.3 is 15.5 Å². The summed E-state index contributed by atoms with van der Waals surface area (Å²) in [5.74, 6) is 0. The molecule has 1 aromatic heterocycles. The lowest BCUT2D eigenvalue weighted by molar-refractivity contribution is -0.134. The number of nitrogens with one attached hydrogen (secondary N) is 2. The summed E-state index contributed by atoms with van der Waals surface area (Å²) in [6, 6.07) is 0.416. The van der Waals surface area contributed by atoms with Gasteiger partial charge in [-0.3, -0.25) is 4.90 Å². The molecule has 1 fully saturated rings. The number of piperidine rings is 1. The quantitative estimate of drug-likeness (QED) is 0.396. The van der Waals surface area contributed by atoms with Gasteiger partial charge in [-0.2, -0.15) is 23.0 Å². The molecular weight excluding hydrogens is 459 g/mol. The van der Waals surface area contributed by atoms with E-state index < -0.39 is 28.2 Å². The molecule has 0 aliphatic carbocycles. The maximum Gasteiger partial charge on any atom is 0.425 e. The molecule has 0 saturated carbocycles. The van der Waals surface area contributed by atoms with Gasteiger partial charge in [-0.15, -0.1) is 11.3 Å². The summed E-state index contributed by atoms with van der Waals surface area (Å²) in [6.45, 7) is 5.28. The van der Waals surface area contributed by atoms with E-state index in [0.717, 1.165) is 16.9 Å². The molecule has 1 aromatic rings. The first kappa shape index (κ1) is 25.4. The molecule has 0 aromatic carbocycles. The van der Waals surface area contributed by atoms with Crippen molar-refractivity contribution in [2.24, 2.45) is 10.4 Å². The van der Waals surface area contributed by atoms with E-state index in [9.17, 15) is 23.0 Å². The third kappa shape index (κ3) is 5.67. The second-order valence-corrected chi connectivity index (χ2v) is 10.0. The normalized spacial score (nSPS) is 20.2. The van der Waals surface area contributed by atoms with E-state index in [1.165, 1.54) is 26.1 Å². The number of alkyl halides is 3. The van der Waals surface area contributed by atoms with E-state index >= 15 is 0 Å². The minimum atomic E-state index is -4.35. The largest absolute Gasteiger partial charge is 0.425 e. The molecule has 33 heavy (non-hydrogen) atoms. The first-order valence-electron chi connectivity index (χ1n) is 10.7. The van der Waals surface area contributed by atoms with Crippen molar-refractivity contribution < 1.29 is 17.9 Å². The molecule has 182 valence electrons. The van der Waals surface area contributed by atoms with Gasteiger partial charge in [0.05, 0.1) is 6.61 Å². The van der Waals surface area contributed by atoms with Gasteiger partial charge >= 0.3 is 6.18 Å². The highest BCUT2D eigenvalue weighted by atomic mass is 32.1. The van der Waals surface area contributed by atoms with Crippen molar-refractivity contribution in [3.63, 3.8) is 0 Å². The van der Waals surface area contributed by atoms with Gasteiger partial charge in [0.25, 0.3) is 0 Å². The summed E-state index contributed by atoms with van der Waals surface area (Å²) < 4.78 is 45.7. The Bertz CT molecular complexity index is 907. The Morgan fingerprint density at radius 3 is 2.64 bits per heavy atom. The molecule has 3 heterocycles. The van der Waals surface area contributed by atoms with E-state index in [0.29, 0.717) is 56.0 Å². The first-order valence-corrected chi connectivity index (χ1v) is 11.5. The smallest absolute Gasteiger partial charge is 0.388 e. The van der Waals surface area contributed by atoms with Crippen LogP contribution in [-0.2, 0) is 22.9 Å². The van der Waals surface area contributed by atoms with Crippen LogP contribution in [0.5, 0.6) is 0 Å². The van der Waals surface area contributed by atoms with Gasteiger partial charge in [-0.05, 0) is 50.3 Å². The second-order valence-electron chi connectivity index (χ2n) is 8.97. The zero-order valence-electron chi connectivity index (χ0n) is 18.6. The van der Waals surface area contributed by atoms with Gasteiger partial charge in [0, 0.05) is 43.5 Å². The van der Waals surface area contributed by atoms with Crippen LogP contribution >= 0.6 is 11.3 Å². The lowest BCUT2D eigenvalue weighted by Crippen LogP contribution is -2.46. The van der Waals surface area contributed by atoms with Crippen molar-refractivity contribution >= 4 is 17.6 Å². The number of rotatable bonds is 9. The Hall–Kier alpha value is -2.18. The predicted molar refractivity (Wildman–Crippen MR) is 121 cm³/mol. The predicted octanol–water partition coefficient (Wildman–Crippen LogP) is 4.43. The van der Waals surface area contributed by atoms with Crippen LogP contribution < -0.4 is 5.32 Å². The second kappa shape index (κ2) is 9.98. The third-order valence-electron chi connectivity index (χ3n) is 6.28. The van der Waals surface area contributed by atoms with Crippen LogP contribution in [0.25, 0.3) is 0 Å². The summed E-state index contributed by atoms with van der Waals surface area (Å²) >= 11 is 0.797. The molecule has 2 aliphatic heterocycles. The topological polar surface area (TPSA) is 107 Å². The summed E-state index contributed by atoms with van der Waals surface area (Å²) in [7, 11) is 0. The molecule has 3 rings (SSSR count). The molecule has 12 heteroatoms. The molecular formula is C21H28F3N5O3S. The highest BCUT2D eigenvalue weighted by Gasteiger charge is 2.45. The summed E-state index contributed by atoms with van der Waals surface area (Å²) in [5.41, 5.74) is -0.418. The highest BCUT2D eigenvalue weighted by molar-refractivity contribution is 7.12. The van der Waals surface area contributed by atoms with Crippen LogP contribution in [0.2, 0.25) is 0 Å². The van der Waals surface area contributed by atoms with Crippen molar-refractivity contribution in [2.45, 2.75) is 56.5 Å². The maximum atomic E-state index is 13.2. The van der Waals surface area contributed by atoms with Crippen LogP contribution in [0.3, 0.4) is 0 Å². The number of hydrogen-bond donors (Lipinski definition) is 2. The molecule has 2 N–H and O–H groups in total. The van der Waals surface area contributed by atoms with Crippen LogP contribution in [0, 0.1) is 15.2 Å². The van der Waals surface area contributed by atoms with E-state index in [2.05, 4.69) is 20.6 Å². The minimum absolute atomic E-state index is 0.110. The summed E-state index contributed by atoms with van der Waals surface area (Å²) in [6.07, 6.45) is 0.108. The average Bonchev–Trinajstić information content (AvgIpc) is 3.24. The van der Waals surface area contributed by atoms with E-state index in [1.807, 2.05) is 0 Å². The Balaban J connectivity index is 1.60. The third-order valence-corrected chi connectivity index (χ3v) is 7.69. The van der Waals surface area contributed by atoms with Crippen LogP contribution in [0.1, 0.15) is 42.0 Å². The molecule has 0 amide bonds. The number of likely N-dealkylation sites (tertiary alicyclic amines) is 1. The van der Waals surface area contributed by atoms with Gasteiger partial charge in [0.1, 0.15) is 22.1 Å². The Morgan fingerprint density at radius 1 is 1.36 bits per heavy atom. The number of halogens is 3. The molecule has 1 spiro atoms. The van der Waals surface area contributed by atoms with E-state index in [4.69, 9.17) is 10.1 Å². The monoisotopic (exact) mass is 487 g/mol. The van der Waals surface area contributed by atoms with Crippen molar-refractivity contribution in [3.8, 4) is 0 Å². The van der Waals surface area contributed by atoms with Crippen LogP contribution in [0.4, 0.5) is 13.2 Å². The lowest BCUT2D eigenvalue weighted by Gasteiger charge is -2.43. The maximum absolute atomic E-state index is 13.2. The molecule has 0 radical (unpaired) electrons. The van der Waals surface area contributed by atoms with Gasteiger partial charge in [-0.1, -0.05) is 10.4 Å². The molecule has 1 unspecified atom stereocenters. The number of fused-ring (bicyclic) bond motifs is 2. The average molecular weight is 488 g/mol. The minimum Gasteiger partial charge on any atom is -0.388 e. The van der Waals surface area contributed by atoms with Crippen molar-refractivity contribution in [3.05, 3.63) is 43.0 Å². The number of thiophene rings is 1. The van der Waals surface area contributed by atoms with Gasteiger partial charge in [-0.25, -0.2) is 0 Å². The van der Waals surface area contributed by atoms with Gasteiger partial charge in [0.2, 0.25) is 0 Å². The highest BCUT2D eigenvalue weighted by Crippen LogP contribution is 2.48. The van der Waals surface area contributed by atoms with E-state index in [1.54, 1.807) is 6.20 Å². The summed E-state index contributed by atoms with van der Waals surface area (Å²) in [4.78, 5) is 24.2. The SMILES string of the molecule is CC(C)(N=O)C(CN/C=C(\C=N)CN1CCC2(CC1)OCCc1cc(C(F)(F)F)sc12)N=O. The fraction of sp³-hybridized carbons (Fsp3) is 0.667. The fourth-order valence-electron chi connectivity index (χ4n) is 4.18. The van der Waals surface area contributed by atoms with Crippen molar-refractivity contribution in [1.29, 1.82) is 5.41 Å². The molecule has 1 saturated heterocycles. The molecule has 2 aliphatic rings. The lowest BCUT2D eigenvalue weighted by atomic mass is 9.85.